The number of hydrogen-bond acceptors (Lipinski definition) is 4. The molecule has 0 atom stereocenters. The molecule has 2 aromatic carbocycles. The van der Waals surface area contributed by atoms with E-state index in [4.69, 9.17) is 5.26 Å². The zero-order valence-electron chi connectivity index (χ0n) is 11.9. The highest BCUT2D eigenvalue weighted by atomic mass is 16.6. The van der Waals surface area contributed by atoms with Crippen LogP contribution in [0.3, 0.4) is 0 Å². The van der Waals surface area contributed by atoms with Crippen molar-refractivity contribution in [1.29, 1.82) is 5.26 Å². The zero-order valence-corrected chi connectivity index (χ0v) is 11.9. The smallest absolute Gasteiger partial charge is 0.287 e. The maximum Gasteiger partial charge on any atom is 0.287 e. The maximum absolute atomic E-state index is 10.9. The molecule has 106 valence electrons. The minimum Gasteiger partial charge on any atom is -0.370 e. The number of aryl methyl sites for hydroxylation is 1. The summed E-state index contributed by atoms with van der Waals surface area (Å²) in [4.78, 5) is 12.4. The molecule has 0 aliphatic carbocycles. The van der Waals surface area contributed by atoms with Gasteiger partial charge in [0.1, 0.15) is 11.6 Å². The highest BCUT2D eigenvalue weighted by Gasteiger charge is 2.18. The van der Waals surface area contributed by atoms with Gasteiger partial charge in [-0.1, -0.05) is 30.3 Å². The summed E-state index contributed by atoms with van der Waals surface area (Å²) in [6.07, 6.45) is 0. The fourth-order valence-electron chi connectivity index (χ4n) is 2.28. The Balaban J connectivity index is 2.36. The van der Waals surface area contributed by atoms with Gasteiger partial charge in [0.05, 0.1) is 4.92 Å². The van der Waals surface area contributed by atoms with Gasteiger partial charge in [0, 0.05) is 25.3 Å². The molecule has 5 heteroatoms. The van der Waals surface area contributed by atoms with E-state index in [0.29, 0.717) is 6.54 Å². The van der Waals surface area contributed by atoms with Crippen LogP contribution in [0.4, 0.5) is 11.4 Å². The first kappa shape index (κ1) is 14.5. The molecule has 0 saturated carbocycles. The van der Waals surface area contributed by atoms with Crippen molar-refractivity contribution in [3.8, 4) is 6.07 Å². The van der Waals surface area contributed by atoms with Gasteiger partial charge in [0.25, 0.3) is 5.69 Å². The first-order valence-electron chi connectivity index (χ1n) is 6.47. The molecule has 0 fully saturated rings. The van der Waals surface area contributed by atoms with Crippen molar-refractivity contribution in [3.05, 3.63) is 69.3 Å². The van der Waals surface area contributed by atoms with Crippen LogP contribution in [0.1, 0.15) is 16.7 Å². The first-order chi connectivity index (χ1) is 10.0. The number of anilines is 1. The number of nitrogens with zero attached hydrogens (tertiary/aromatic N) is 3. The highest BCUT2D eigenvalue weighted by Crippen LogP contribution is 2.28. The van der Waals surface area contributed by atoms with Gasteiger partial charge >= 0.3 is 0 Å². The molecule has 5 nitrogen and oxygen atoms in total. The number of rotatable bonds is 4. The highest BCUT2D eigenvalue weighted by molar-refractivity contribution is 5.64. The van der Waals surface area contributed by atoms with E-state index >= 15 is 0 Å². The van der Waals surface area contributed by atoms with Gasteiger partial charge in [-0.25, -0.2) is 0 Å². The van der Waals surface area contributed by atoms with Crippen molar-refractivity contribution in [1.82, 2.24) is 0 Å². The molecule has 0 N–H and O–H groups in total. The van der Waals surface area contributed by atoms with E-state index in [1.165, 1.54) is 6.07 Å². The Morgan fingerprint density at radius 1 is 1.29 bits per heavy atom. The standard InChI is InChI=1S/C16H15N3O2/c1-12-8-16(19(20)21)14(10-17)9-15(12)18(2)11-13-6-4-3-5-7-13/h3-9H,11H2,1-2H3. The van der Waals surface area contributed by atoms with Crippen LogP contribution in [0.15, 0.2) is 42.5 Å². The van der Waals surface area contributed by atoms with E-state index in [1.54, 1.807) is 6.07 Å². The lowest BCUT2D eigenvalue weighted by molar-refractivity contribution is -0.385. The maximum atomic E-state index is 10.9. The largest absolute Gasteiger partial charge is 0.370 e. The number of hydrogen-bond donors (Lipinski definition) is 0. The monoisotopic (exact) mass is 281 g/mol. The molecule has 2 rings (SSSR count). The molecule has 0 saturated heterocycles. The summed E-state index contributed by atoms with van der Waals surface area (Å²) in [6.45, 7) is 2.48. The lowest BCUT2D eigenvalue weighted by Gasteiger charge is -2.21. The van der Waals surface area contributed by atoms with Crippen molar-refractivity contribution in [3.63, 3.8) is 0 Å². The SMILES string of the molecule is Cc1cc([N+](=O)[O-])c(C#N)cc1N(C)Cc1ccccc1. The van der Waals surface area contributed by atoms with Crippen molar-refractivity contribution in [2.75, 3.05) is 11.9 Å². The van der Waals surface area contributed by atoms with E-state index < -0.39 is 4.92 Å². The van der Waals surface area contributed by atoms with E-state index in [0.717, 1.165) is 16.8 Å². The molecular weight excluding hydrogens is 266 g/mol. The summed E-state index contributed by atoms with van der Waals surface area (Å²) in [5.74, 6) is 0. The second kappa shape index (κ2) is 6.06. The predicted octanol–water partition coefficient (Wildman–Crippen LogP) is 3.41. The van der Waals surface area contributed by atoms with E-state index in [2.05, 4.69) is 0 Å². The summed E-state index contributed by atoms with van der Waals surface area (Å²) >= 11 is 0. The summed E-state index contributed by atoms with van der Waals surface area (Å²) in [5.41, 5.74) is 2.67. The average molecular weight is 281 g/mol. The summed E-state index contributed by atoms with van der Waals surface area (Å²) in [5, 5.41) is 20.0. The predicted molar refractivity (Wildman–Crippen MR) is 81.1 cm³/mol. The molecule has 0 aliphatic rings. The minimum absolute atomic E-state index is 0.0838. The van der Waals surface area contributed by atoms with Crippen molar-refractivity contribution in [2.45, 2.75) is 13.5 Å². The van der Waals surface area contributed by atoms with E-state index in [-0.39, 0.29) is 11.3 Å². The van der Waals surface area contributed by atoms with Gasteiger partial charge in [0.15, 0.2) is 0 Å². The minimum atomic E-state index is -0.521. The Morgan fingerprint density at radius 2 is 1.95 bits per heavy atom. The Kier molecular flexibility index (Phi) is 4.19. The third-order valence-corrected chi connectivity index (χ3v) is 3.31. The topological polar surface area (TPSA) is 70.2 Å². The van der Waals surface area contributed by atoms with Crippen LogP contribution in [0.2, 0.25) is 0 Å². The molecule has 0 unspecified atom stereocenters. The summed E-state index contributed by atoms with van der Waals surface area (Å²) in [6, 6.07) is 14.8. The lowest BCUT2D eigenvalue weighted by Crippen LogP contribution is -2.17. The van der Waals surface area contributed by atoms with Gasteiger partial charge in [-0.05, 0) is 24.1 Å². The summed E-state index contributed by atoms with van der Waals surface area (Å²) in [7, 11) is 1.91. The Morgan fingerprint density at radius 3 is 2.52 bits per heavy atom. The van der Waals surface area contributed by atoms with Crippen LogP contribution in [0.25, 0.3) is 0 Å². The van der Waals surface area contributed by atoms with E-state index in [9.17, 15) is 10.1 Å². The molecule has 0 aliphatic heterocycles. The zero-order chi connectivity index (χ0) is 15.4. The fraction of sp³-hybridized carbons (Fsp3) is 0.188. The fourth-order valence-corrected chi connectivity index (χ4v) is 2.28. The van der Waals surface area contributed by atoms with Crippen LogP contribution in [0.5, 0.6) is 0 Å². The molecule has 0 spiro atoms. The molecule has 0 bridgehead atoms. The summed E-state index contributed by atoms with van der Waals surface area (Å²) < 4.78 is 0. The molecular formula is C16H15N3O2. The Hall–Kier alpha value is -2.87. The van der Waals surface area contributed by atoms with Crippen LogP contribution < -0.4 is 4.90 Å². The Labute approximate surface area is 123 Å². The van der Waals surface area contributed by atoms with Gasteiger partial charge in [0.2, 0.25) is 0 Å². The third-order valence-electron chi connectivity index (χ3n) is 3.31. The molecule has 0 radical (unpaired) electrons. The van der Waals surface area contributed by atoms with Crippen molar-refractivity contribution >= 4 is 11.4 Å². The van der Waals surface area contributed by atoms with E-state index in [1.807, 2.05) is 55.3 Å². The molecule has 21 heavy (non-hydrogen) atoms. The third kappa shape index (κ3) is 3.18. The quantitative estimate of drug-likeness (QED) is 0.636. The second-order valence-electron chi connectivity index (χ2n) is 4.87. The molecule has 0 amide bonds. The second-order valence-corrected chi connectivity index (χ2v) is 4.87. The van der Waals surface area contributed by atoms with Crippen molar-refractivity contribution in [2.24, 2.45) is 0 Å². The van der Waals surface area contributed by atoms with Gasteiger partial charge in [-0.15, -0.1) is 0 Å². The average Bonchev–Trinajstić information content (AvgIpc) is 2.47. The van der Waals surface area contributed by atoms with Crippen LogP contribution in [-0.2, 0) is 6.54 Å². The molecule has 0 aromatic heterocycles. The Bertz CT molecular complexity index is 705. The van der Waals surface area contributed by atoms with Gasteiger partial charge < -0.3 is 4.90 Å². The number of benzene rings is 2. The first-order valence-corrected chi connectivity index (χ1v) is 6.47. The van der Waals surface area contributed by atoms with Gasteiger partial charge in [-0.2, -0.15) is 5.26 Å². The molecule has 2 aromatic rings. The number of nitriles is 1. The van der Waals surface area contributed by atoms with Crippen molar-refractivity contribution < 1.29 is 4.92 Å². The lowest BCUT2D eigenvalue weighted by atomic mass is 10.1. The van der Waals surface area contributed by atoms with Gasteiger partial charge in [-0.3, -0.25) is 10.1 Å². The van der Waals surface area contributed by atoms with Crippen LogP contribution >= 0.6 is 0 Å². The molecule has 0 heterocycles. The number of nitro groups is 1. The van der Waals surface area contributed by atoms with Crippen LogP contribution in [-0.4, -0.2) is 12.0 Å². The van der Waals surface area contributed by atoms with Crippen LogP contribution in [0, 0.1) is 28.4 Å². The number of nitro benzene ring substituents is 1. The normalized spacial score (nSPS) is 9.95.